The van der Waals surface area contributed by atoms with Crippen molar-refractivity contribution < 1.29 is 4.79 Å². The van der Waals surface area contributed by atoms with Crippen molar-refractivity contribution in [2.24, 2.45) is 0 Å². The van der Waals surface area contributed by atoms with E-state index in [0.29, 0.717) is 6.42 Å². The van der Waals surface area contributed by atoms with Gasteiger partial charge in [0, 0.05) is 16.0 Å². The molecule has 0 unspecified atom stereocenters. The van der Waals surface area contributed by atoms with Gasteiger partial charge in [-0.2, -0.15) is 0 Å². The number of Topliss-reactive ketones (excluding diaryl/α,β-unsaturated/α-hetero) is 1. The Bertz CT molecular complexity index is 706. The largest absolute Gasteiger partial charge is 0.293 e. The molecule has 0 aliphatic rings. The van der Waals surface area contributed by atoms with Crippen LogP contribution in [0.1, 0.15) is 23.0 Å². The number of carbonyl (C=O) groups is 1. The van der Waals surface area contributed by atoms with Crippen molar-refractivity contribution in [3.8, 4) is 10.4 Å². The molecule has 18 heavy (non-hydrogen) atoms. The summed E-state index contributed by atoms with van der Waals surface area (Å²) in [6, 6.07) is 12.6. The molecule has 0 saturated heterocycles. The van der Waals surface area contributed by atoms with Gasteiger partial charge in [-0.15, -0.1) is 22.7 Å². The van der Waals surface area contributed by atoms with Crippen molar-refractivity contribution in [3.63, 3.8) is 0 Å². The monoisotopic (exact) mass is 272 g/mol. The van der Waals surface area contributed by atoms with Crippen LogP contribution in [0.25, 0.3) is 20.5 Å². The lowest BCUT2D eigenvalue weighted by atomic mass is 10.1. The van der Waals surface area contributed by atoms with Crippen molar-refractivity contribution in [1.29, 1.82) is 0 Å². The summed E-state index contributed by atoms with van der Waals surface area (Å²) < 4.78 is 1.31. The Morgan fingerprint density at radius 2 is 2.06 bits per heavy atom. The molecule has 0 spiro atoms. The highest BCUT2D eigenvalue weighted by Gasteiger charge is 2.08. The Balaban J connectivity index is 2.03. The van der Waals surface area contributed by atoms with Gasteiger partial charge in [0.15, 0.2) is 5.78 Å². The molecule has 0 radical (unpaired) electrons. The SMILES string of the molecule is CCC(=O)c1ccc(-c2ccc3sccc3c2)s1. The Kier molecular flexibility index (Phi) is 3.02. The lowest BCUT2D eigenvalue weighted by molar-refractivity contribution is 0.0992. The van der Waals surface area contributed by atoms with Gasteiger partial charge in [-0.05, 0) is 46.7 Å². The van der Waals surface area contributed by atoms with Gasteiger partial charge in [0.2, 0.25) is 0 Å². The maximum atomic E-state index is 11.6. The van der Waals surface area contributed by atoms with Crippen LogP contribution in [0.3, 0.4) is 0 Å². The van der Waals surface area contributed by atoms with Gasteiger partial charge in [0.05, 0.1) is 4.88 Å². The van der Waals surface area contributed by atoms with E-state index in [1.54, 1.807) is 22.7 Å². The predicted molar refractivity (Wildman–Crippen MR) is 79.8 cm³/mol. The van der Waals surface area contributed by atoms with Gasteiger partial charge in [0.25, 0.3) is 0 Å². The van der Waals surface area contributed by atoms with Crippen LogP contribution in [0.4, 0.5) is 0 Å². The van der Waals surface area contributed by atoms with E-state index >= 15 is 0 Å². The summed E-state index contributed by atoms with van der Waals surface area (Å²) in [6.07, 6.45) is 0.573. The lowest BCUT2D eigenvalue weighted by Crippen LogP contribution is -1.90. The van der Waals surface area contributed by atoms with Crippen LogP contribution >= 0.6 is 22.7 Å². The first-order chi connectivity index (χ1) is 8.78. The zero-order valence-corrected chi connectivity index (χ0v) is 11.6. The zero-order valence-electron chi connectivity index (χ0n) is 9.97. The highest BCUT2D eigenvalue weighted by atomic mass is 32.1. The van der Waals surface area contributed by atoms with Gasteiger partial charge < -0.3 is 0 Å². The third-order valence-corrected chi connectivity index (χ3v) is 5.01. The number of thiophene rings is 2. The molecule has 3 heteroatoms. The number of ketones is 1. The summed E-state index contributed by atoms with van der Waals surface area (Å²) >= 11 is 3.34. The third kappa shape index (κ3) is 2.00. The summed E-state index contributed by atoms with van der Waals surface area (Å²) in [5, 5.41) is 3.38. The van der Waals surface area contributed by atoms with E-state index in [-0.39, 0.29) is 5.78 Å². The molecular formula is C15H12OS2. The van der Waals surface area contributed by atoms with Crippen LogP contribution in [0, 0.1) is 0 Å². The highest BCUT2D eigenvalue weighted by Crippen LogP contribution is 2.32. The fourth-order valence-electron chi connectivity index (χ4n) is 1.94. The number of hydrogen-bond acceptors (Lipinski definition) is 3. The lowest BCUT2D eigenvalue weighted by Gasteiger charge is -1.97. The molecule has 0 N–H and O–H groups in total. The van der Waals surface area contributed by atoms with Gasteiger partial charge in [-0.3, -0.25) is 4.79 Å². The molecule has 0 aliphatic carbocycles. The molecule has 2 aromatic heterocycles. The predicted octanol–water partition coefficient (Wildman–Crippen LogP) is 5.22. The van der Waals surface area contributed by atoms with E-state index in [0.717, 1.165) is 4.88 Å². The molecule has 0 saturated carbocycles. The van der Waals surface area contributed by atoms with Crippen LogP contribution in [-0.4, -0.2) is 5.78 Å². The minimum absolute atomic E-state index is 0.225. The quantitative estimate of drug-likeness (QED) is 0.597. The molecule has 0 amide bonds. The van der Waals surface area contributed by atoms with Crippen LogP contribution < -0.4 is 0 Å². The molecule has 0 fully saturated rings. The van der Waals surface area contributed by atoms with E-state index in [1.807, 2.05) is 19.1 Å². The first-order valence-electron chi connectivity index (χ1n) is 5.88. The maximum absolute atomic E-state index is 11.6. The number of hydrogen-bond donors (Lipinski definition) is 0. The minimum Gasteiger partial charge on any atom is -0.293 e. The first kappa shape index (κ1) is 11.6. The Morgan fingerprint density at radius 3 is 2.89 bits per heavy atom. The van der Waals surface area contributed by atoms with Crippen molar-refractivity contribution in [1.82, 2.24) is 0 Å². The van der Waals surface area contributed by atoms with Crippen LogP contribution in [-0.2, 0) is 0 Å². The molecule has 90 valence electrons. The fourth-order valence-corrected chi connectivity index (χ4v) is 3.72. The zero-order chi connectivity index (χ0) is 12.5. The summed E-state index contributed by atoms with van der Waals surface area (Å²) in [5.41, 5.74) is 1.20. The third-order valence-electron chi connectivity index (χ3n) is 2.94. The van der Waals surface area contributed by atoms with Crippen molar-refractivity contribution in [2.45, 2.75) is 13.3 Å². The van der Waals surface area contributed by atoms with E-state index in [9.17, 15) is 4.79 Å². The summed E-state index contributed by atoms with van der Waals surface area (Å²) in [5.74, 6) is 0.225. The molecule has 0 aliphatic heterocycles. The normalized spacial score (nSPS) is 10.9. The molecule has 3 aromatic rings. The molecule has 1 nitrogen and oxygen atoms in total. The number of rotatable bonds is 3. The van der Waals surface area contributed by atoms with Gasteiger partial charge >= 0.3 is 0 Å². The molecule has 1 aromatic carbocycles. The second kappa shape index (κ2) is 4.67. The first-order valence-corrected chi connectivity index (χ1v) is 7.58. The summed E-state index contributed by atoms with van der Waals surface area (Å²) in [6.45, 7) is 1.90. The van der Waals surface area contributed by atoms with E-state index < -0.39 is 0 Å². The standard InChI is InChI=1S/C15H12OS2/c1-2-12(16)15-6-5-14(18-15)10-3-4-13-11(9-10)7-8-17-13/h3-9H,2H2,1H3. The van der Waals surface area contributed by atoms with Crippen molar-refractivity contribution in [3.05, 3.63) is 46.7 Å². The van der Waals surface area contributed by atoms with Gasteiger partial charge in [0.1, 0.15) is 0 Å². The van der Waals surface area contributed by atoms with Gasteiger partial charge in [-0.1, -0.05) is 13.0 Å². The number of benzene rings is 1. The average molecular weight is 272 g/mol. The smallest absolute Gasteiger partial charge is 0.172 e. The Morgan fingerprint density at radius 1 is 1.17 bits per heavy atom. The van der Waals surface area contributed by atoms with Crippen molar-refractivity contribution >= 4 is 38.5 Å². The number of fused-ring (bicyclic) bond motifs is 1. The summed E-state index contributed by atoms with van der Waals surface area (Å²) in [7, 11) is 0. The number of carbonyl (C=O) groups excluding carboxylic acids is 1. The average Bonchev–Trinajstić information content (AvgIpc) is 3.05. The second-order valence-corrected chi connectivity index (χ2v) is 6.15. The van der Waals surface area contributed by atoms with E-state index in [1.165, 1.54) is 20.5 Å². The Hall–Kier alpha value is -1.45. The Labute approximate surface area is 114 Å². The molecule has 2 heterocycles. The highest BCUT2D eigenvalue weighted by molar-refractivity contribution is 7.17. The van der Waals surface area contributed by atoms with E-state index in [4.69, 9.17) is 0 Å². The fraction of sp³-hybridized carbons (Fsp3) is 0.133. The second-order valence-electron chi connectivity index (χ2n) is 4.11. The van der Waals surface area contributed by atoms with Crippen LogP contribution in [0.15, 0.2) is 41.8 Å². The topological polar surface area (TPSA) is 17.1 Å². The molecule has 0 bridgehead atoms. The summed E-state index contributed by atoms with van der Waals surface area (Å²) in [4.78, 5) is 13.7. The van der Waals surface area contributed by atoms with Crippen molar-refractivity contribution in [2.75, 3.05) is 0 Å². The molecule has 0 atom stereocenters. The van der Waals surface area contributed by atoms with Crippen LogP contribution in [0.2, 0.25) is 0 Å². The maximum Gasteiger partial charge on any atom is 0.172 e. The van der Waals surface area contributed by atoms with Crippen LogP contribution in [0.5, 0.6) is 0 Å². The van der Waals surface area contributed by atoms with E-state index in [2.05, 4.69) is 29.6 Å². The minimum atomic E-state index is 0.225. The molecule has 3 rings (SSSR count). The van der Waals surface area contributed by atoms with Gasteiger partial charge in [-0.25, -0.2) is 0 Å². The molecular weight excluding hydrogens is 260 g/mol.